The third-order valence-electron chi connectivity index (χ3n) is 3.67. The van der Waals surface area contributed by atoms with Crippen molar-refractivity contribution in [2.75, 3.05) is 0 Å². The Morgan fingerprint density at radius 3 is 2.30 bits per heavy atom. The fraction of sp³-hybridized carbons (Fsp3) is 0.250. The van der Waals surface area contributed by atoms with E-state index >= 15 is 0 Å². The van der Waals surface area contributed by atoms with Crippen molar-refractivity contribution in [3.63, 3.8) is 0 Å². The number of rotatable bonds is 3. The van der Waals surface area contributed by atoms with Gasteiger partial charge in [0.1, 0.15) is 0 Å². The summed E-state index contributed by atoms with van der Waals surface area (Å²) in [6.07, 6.45) is 2.44. The average Bonchev–Trinajstić information content (AvgIpc) is 3.26. The number of hydrogen-bond donors (Lipinski definition) is 2. The average molecular weight is 354 g/mol. The molecule has 0 spiro atoms. The fourth-order valence-corrected chi connectivity index (χ4v) is 2.93. The standard InChI is InChI=1S/C16H14BrClO2/c17-13-7-8-15(18)14(9-13)16(19,20)12-5-3-11(4-6-12)10-1-2-10/h3-10,19-20H,1-2H2. The Morgan fingerprint density at radius 1 is 1.05 bits per heavy atom. The SMILES string of the molecule is OC(O)(c1ccc(C2CC2)cc1)c1cc(Br)ccc1Cl. The highest BCUT2D eigenvalue weighted by Gasteiger charge is 2.32. The summed E-state index contributed by atoms with van der Waals surface area (Å²) in [4.78, 5) is 0. The highest BCUT2D eigenvalue weighted by Crippen LogP contribution is 2.41. The molecule has 0 aliphatic heterocycles. The third kappa shape index (κ3) is 2.63. The summed E-state index contributed by atoms with van der Waals surface area (Å²) in [6.45, 7) is 0. The van der Waals surface area contributed by atoms with Crippen molar-refractivity contribution in [2.24, 2.45) is 0 Å². The lowest BCUT2D eigenvalue weighted by molar-refractivity contribution is -0.132. The van der Waals surface area contributed by atoms with Crippen molar-refractivity contribution < 1.29 is 10.2 Å². The Labute approximate surface area is 131 Å². The minimum Gasteiger partial charge on any atom is -0.358 e. The van der Waals surface area contributed by atoms with Gasteiger partial charge in [-0.05, 0) is 42.5 Å². The maximum Gasteiger partial charge on any atom is 0.218 e. The number of benzene rings is 2. The quantitative estimate of drug-likeness (QED) is 0.813. The normalized spacial score (nSPS) is 15.4. The summed E-state index contributed by atoms with van der Waals surface area (Å²) in [5, 5.41) is 21.2. The van der Waals surface area contributed by atoms with Gasteiger partial charge in [-0.3, -0.25) is 0 Å². The molecule has 0 atom stereocenters. The maximum atomic E-state index is 10.5. The molecule has 2 N–H and O–H groups in total. The first-order valence-electron chi connectivity index (χ1n) is 6.49. The van der Waals surface area contributed by atoms with Gasteiger partial charge in [0.2, 0.25) is 5.79 Å². The molecule has 0 bridgehead atoms. The lowest BCUT2D eigenvalue weighted by Gasteiger charge is -2.24. The number of hydrogen-bond acceptors (Lipinski definition) is 2. The molecule has 2 aromatic carbocycles. The molecule has 0 unspecified atom stereocenters. The van der Waals surface area contributed by atoms with Crippen molar-refractivity contribution in [1.29, 1.82) is 0 Å². The fourth-order valence-electron chi connectivity index (χ4n) is 2.32. The van der Waals surface area contributed by atoms with Crippen molar-refractivity contribution in [3.8, 4) is 0 Å². The van der Waals surface area contributed by atoms with Gasteiger partial charge in [-0.25, -0.2) is 0 Å². The Bertz CT molecular complexity index is 633. The van der Waals surface area contributed by atoms with Gasteiger partial charge in [-0.2, -0.15) is 0 Å². The molecule has 3 rings (SSSR count). The van der Waals surface area contributed by atoms with Gasteiger partial charge in [0, 0.05) is 20.6 Å². The van der Waals surface area contributed by atoms with Crippen LogP contribution in [-0.4, -0.2) is 10.2 Å². The van der Waals surface area contributed by atoms with Gasteiger partial charge < -0.3 is 10.2 Å². The Morgan fingerprint density at radius 2 is 1.70 bits per heavy atom. The van der Waals surface area contributed by atoms with E-state index in [4.69, 9.17) is 11.6 Å². The molecule has 1 aliphatic carbocycles. The Kier molecular flexibility index (Phi) is 3.63. The van der Waals surface area contributed by atoms with Crippen LogP contribution in [0.5, 0.6) is 0 Å². The third-order valence-corrected chi connectivity index (χ3v) is 4.49. The van der Waals surface area contributed by atoms with Crippen LogP contribution in [0.25, 0.3) is 0 Å². The highest BCUT2D eigenvalue weighted by molar-refractivity contribution is 9.10. The van der Waals surface area contributed by atoms with Crippen molar-refractivity contribution in [1.82, 2.24) is 0 Å². The van der Waals surface area contributed by atoms with Crippen LogP contribution < -0.4 is 0 Å². The molecule has 20 heavy (non-hydrogen) atoms. The van der Waals surface area contributed by atoms with E-state index in [0.29, 0.717) is 16.5 Å². The van der Waals surface area contributed by atoms with Gasteiger partial charge in [-0.1, -0.05) is 51.8 Å². The van der Waals surface area contributed by atoms with Gasteiger partial charge in [-0.15, -0.1) is 0 Å². The van der Waals surface area contributed by atoms with E-state index in [2.05, 4.69) is 15.9 Å². The Hall–Kier alpha value is -0.870. The highest BCUT2D eigenvalue weighted by atomic mass is 79.9. The largest absolute Gasteiger partial charge is 0.358 e. The van der Waals surface area contributed by atoms with Crippen LogP contribution in [0.15, 0.2) is 46.9 Å². The lowest BCUT2D eigenvalue weighted by atomic mass is 9.96. The van der Waals surface area contributed by atoms with Gasteiger partial charge in [0.15, 0.2) is 0 Å². The van der Waals surface area contributed by atoms with Crippen LogP contribution in [0.3, 0.4) is 0 Å². The minimum absolute atomic E-state index is 0.271. The van der Waals surface area contributed by atoms with Crippen LogP contribution in [0.2, 0.25) is 5.02 Å². The molecule has 2 aromatic rings. The summed E-state index contributed by atoms with van der Waals surface area (Å²) in [6, 6.07) is 12.5. The molecule has 0 aromatic heterocycles. The minimum atomic E-state index is -2.09. The molecule has 2 nitrogen and oxygen atoms in total. The first-order valence-corrected chi connectivity index (χ1v) is 7.66. The number of halogens is 2. The monoisotopic (exact) mass is 352 g/mol. The molecule has 4 heteroatoms. The van der Waals surface area contributed by atoms with Crippen LogP contribution >= 0.6 is 27.5 Å². The zero-order valence-electron chi connectivity index (χ0n) is 10.7. The van der Waals surface area contributed by atoms with Crippen LogP contribution in [0, 0.1) is 0 Å². The van der Waals surface area contributed by atoms with Crippen molar-refractivity contribution in [2.45, 2.75) is 24.5 Å². The molecule has 0 radical (unpaired) electrons. The van der Waals surface area contributed by atoms with Crippen LogP contribution in [0.4, 0.5) is 0 Å². The van der Waals surface area contributed by atoms with E-state index in [1.165, 1.54) is 18.4 Å². The zero-order chi connectivity index (χ0) is 14.3. The summed E-state index contributed by atoms with van der Waals surface area (Å²) < 4.78 is 0.749. The predicted octanol–water partition coefficient (Wildman–Crippen LogP) is 4.17. The van der Waals surface area contributed by atoms with E-state index in [-0.39, 0.29) is 5.56 Å². The van der Waals surface area contributed by atoms with E-state index in [0.717, 1.165) is 4.47 Å². The lowest BCUT2D eigenvalue weighted by Crippen LogP contribution is -2.27. The molecule has 0 heterocycles. The Balaban J connectivity index is 1.99. The molecular formula is C16H14BrClO2. The topological polar surface area (TPSA) is 40.5 Å². The van der Waals surface area contributed by atoms with Gasteiger partial charge in [0.05, 0.1) is 0 Å². The first kappa shape index (κ1) is 14.1. The molecule has 104 valence electrons. The molecule has 1 saturated carbocycles. The summed E-state index contributed by atoms with van der Waals surface area (Å²) >= 11 is 9.40. The molecule has 0 amide bonds. The first-order chi connectivity index (χ1) is 9.48. The molecule has 0 saturated heterocycles. The van der Waals surface area contributed by atoms with Crippen molar-refractivity contribution in [3.05, 3.63) is 68.7 Å². The smallest absolute Gasteiger partial charge is 0.218 e. The molecule has 1 fully saturated rings. The second-order valence-electron chi connectivity index (χ2n) is 5.19. The predicted molar refractivity (Wildman–Crippen MR) is 82.8 cm³/mol. The summed E-state index contributed by atoms with van der Waals surface area (Å²) in [7, 11) is 0. The summed E-state index contributed by atoms with van der Waals surface area (Å²) in [5.74, 6) is -1.45. The summed E-state index contributed by atoms with van der Waals surface area (Å²) in [5.41, 5.74) is 1.94. The second kappa shape index (κ2) is 5.15. The van der Waals surface area contributed by atoms with Gasteiger partial charge in [0.25, 0.3) is 0 Å². The van der Waals surface area contributed by atoms with E-state index < -0.39 is 5.79 Å². The maximum absolute atomic E-state index is 10.5. The number of aliphatic hydroxyl groups is 2. The van der Waals surface area contributed by atoms with E-state index in [1.807, 2.05) is 12.1 Å². The molecule has 1 aliphatic rings. The van der Waals surface area contributed by atoms with Crippen LogP contribution in [-0.2, 0) is 5.79 Å². The van der Waals surface area contributed by atoms with E-state index in [9.17, 15) is 10.2 Å². The second-order valence-corrected chi connectivity index (χ2v) is 6.52. The van der Waals surface area contributed by atoms with Crippen LogP contribution in [0.1, 0.15) is 35.4 Å². The van der Waals surface area contributed by atoms with Crippen molar-refractivity contribution >= 4 is 27.5 Å². The van der Waals surface area contributed by atoms with E-state index in [1.54, 1.807) is 30.3 Å². The zero-order valence-corrected chi connectivity index (χ0v) is 13.0. The molecular weight excluding hydrogens is 340 g/mol. The van der Waals surface area contributed by atoms with Gasteiger partial charge >= 0.3 is 0 Å².